The Kier molecular flexibility index (Phi) is 3.35. The van der Waals surface area contributed by atoms with E-state index < -0.39 is 29.6 Å². The molecule has 0 fully saturated rings. The summed E-state index contributed by atoms with van der Waals surface area (Å²) in [5, 5.41) is 0. The lowest BCUT2D eigenvalue weighted by molar-refractivity contribution is -0.190. The third kappa shape index (κ3) is 3.36. The Bertz CT molecular complexity index is 420. The number of hydrogen-bond donors (Lipinski definition) is 0. The lowest BCUT2D eigenvalue weighted by atomic mass is 10.2. The van der Waals surface area contributed by atoms with E-state index in [4.69, 9.17) is 0 Å². The number of esters is 1. The zero-order chi connectivity index (χ0) is 13.3. The van der Waals surface area contributed by atoms with Crippen LogP contribution in [0.1, 0.15) is 5.56 Å². The lowest BCUT2D eigenvalue weighted by Gasteiger charge is -2.13. The maximum atomic E-state index is 12.3. The second kappa shape index (κ2) is 4.27. The smallest absolute Gasteiger partial charge is 0.419 e. The van der Waals surface area contributed by atoms with Crippen molar-refractivity contribution in [2.45, 2.75) is 12.4 Å². The van der Waals surface area contributed by atoms with Gasteiger partial charge in [-0.15, -0.1) is 0 Å². The van der Waals surface area contributed by atoms with Crippen LogP contribution in [0.15, 0.2) is 24.3 Å². The second-order valence-corrected chi connectivity index (χ2v) is 2.88. The van der Waals surface area contributed by atoms with E-state index in [1.54, 1.807) is 0 Å². The molecule has 2 nitrogen and oxygen atoms in total. The molecule has 17 heavy (non-hydrogen) atoms. The molecule has 1 aromatic carbocycles. The molecule has 0 aliphatic carbocycles. The van der Waals surface area contributed by atoms with Crippen molar-refractivity contribution in [3.63, 3.8) is 0 Å². The van der Waals surface area contributed by atoms with E-state index >= 15 is 0 Å². The fourth-order valence-electron chi connectivity index (χ4n) is 0.948. The van der Waals surface area contributed by atoms with Gasteiger partial charge in [-0.3, -0.25) is 0 Å². The van der Waals surface area contributed by atoms with Gasteiger partial charge in [0.2, 0.25) is 0 Å². The average molecular weight is 258 g/mol. The molecule has 0 bridgehead atoms. The summed E-state index contributed by atoms with van der Waals surface area (Å²) in [4.78, 5) is 10.4. The molecule has 0 heterocycles. The first-order valence-corrected chi connectivity index (χ1v) is 4.07. The Labute approximate surface area is 90.8 Å². The summed E-state index contributed by atoms with van der Waals surface area (Å²) < 4.78 is 76.0. The number of carbonyl (C=O) groups excluding carboxylic acids is 1. The molecular weight excluding hydrogens is 254 g/mol. The summed E-state index contributed by atoms with van der Waals surface area (Å²) >= 11 is 0. The molecule has 1 rings (SSSR count). The first kappa shape index (κ1) is 13.3. The Morgan fingerprint density at radius 3 is 2.00 bits per heavy atom. The molecule has 0 spiro atoms. The molecule has 0 N–H and O–H groups in total. The van der Waals surface area contributed by atoms with Crippen molar-refractivity contribution in [3.8, 4) is 5.75 Å². The Hall–Kier alpha value is -1.73. The van der Waals surface area contributed by atoms with Gasteiger partial charge in [0.15, 0.2) is 0 Å². The number of rotatable bonds is 1. The molecule has 94 valence electrons. The van der Waals surface area contributed by atoms with E-state index in [0.29, 0.717) is 12.1 Å². The van der Waals surface area contributed by atoms with Gasteiger partial charge in [0.05, 0.1) is 5.56 Å². The molecule has 0 unspecified atom stereocenters. The quantitative estimate of drug-likeness (QED) is 0.439. The van der Waals surface area contributed by atoms with Crippen LogP contribution in [-0.2, 0) is 11.0 Å². The zero-order valence-electron chi connectivity index (χ0n) is 7.89. The van der Waals surface area contributed by atoms with E-state index in [9.17, 15) is 31.1 Å². The van der Waals surface area contributed by atoms with Gasteiger partial charge in [0.1, 0.15) is 5.75 Å². The first-order chi connectivity index (χ1) is 7.62. The largest absolute Gasteiger partial charge is 0.491 e. The van der Waals surface area contributed by atoms with E-state index in [-0.39, 0.29) is 0 Å². The number of alkyl halides is 6. The SMILES string of the molecule is O=C(Oc1ccccc1C(F)(F)F)C(F)(F)F. The normalized spacial score (nSPS) is 12.4. The highest BCUT2D eigenvalue weighted by atomic mass is 19.4. The highest BCUT2D eigenvalue weighted by Gasteiger charge is 2.43. The van der Waals surface area contributed by atoms with Gasteiger partial charge >= 0.3 is 18.3 Å². The Balaban J connectivity index is 3.04. The van der Waals surface area contributed by atoms with Crippen LogP contribution < -0.4 is 4.74 Å². The molecule has 0 aliphatic rings. The third-order valence-corrected chi connectivity index (χ3v) is 1.63. The number of ether oxygens (including phenoxy) is 1. The Morgan fingerprint density at radius 1 is 1.00 bits per heavy atom. The second-order valence-electron chi connectivity index (χ2n) is 2.88. The first-order valence-electron chi connectivity index (χ1n) is 4.07. The summed E-state index contributed by atoms with van der Waals surface area (Å²) in [6.07, 6.45) is -10.2. The maximum Gasteiger partial charge on any atom is 0.491 e. The van der Waals surface area contributed by atoms with Gasteiger partial charge in [-0.25, -0.2) is 4.79 Å². The molecular formula is C9H4F6O2. The Morgan fingerprint density at radius 2 is 1.53 bits per heavy atom. The predicted molar refractivity (Wildman–Crippen MR) is 43.1 cm³/mol. The van der Waals surface area contributed by atoms with Crippen LogP contribution in [0.4, 0.5) is 26.3 Å². The van der Waals surface area contributed by atoms with Crippen LogP contribution in [-0.4, -0.2) is 12.1 Å². The van der Waals surface area contributed by atoms with Crippen LogP contribution in [0.25, 0.3) is 0 Å². The van der Waals surface area contributed by atoms with Crippen LogP contribution in [0.2, 0.25) is 0 Å². The van der Waals surface area contributed by atoms with Crippen molar-refractivity contribution in [2.24, 2.45) is 0 Å². The van der Waals surface area contributed by atoms with Gasteiger partial charge in [0.25, 0.3) is 0 Å². The molecule has 0 aliphatic heterocycles. The minimum atomic E-state index is -5.35. The van der Waals surface area contributed by atoms with Gasteiger partial charge < -0.3 is 4.74 Å². The van der Waals surface area contributed by atoms with Crippen molar-refractivity contribution in [2.75, 3.05) is 0 Å². The average Bonchev–Trinajstić information content (AvgIpc) is 2.15. The van der Waals surface area contributed by atoms with E-state index in [2.05, 4.69) is 4.74 Å². The number of para-hydroxylation sites is 1. The highest BCUT2D eigenvalue weighted by molar-refractivity contribution is 5.78. The van der Waals surface area contributed by atoms with Crippen molar-refractivity contribution in [1.29, 1.82) is 0 Å². The lowest BCUT2D eigenvalue weighted by Crippen LogP contribution is -2.28. The number of halogens is 6. The topological polar surface area (TPSA) is 26.3 Å². The van der Waals surface area contributed by atoms with Gasteiger partial charge in [-0.05, 0) is 12.1 Å². The highest BCUT2D eigenvalue weighted by Crippen LogP contribution is 2.36. The third-order valence-electron chi connectivity index (χ3n) is 1.63. The summed E-state index contributed by atoms with van der Waals surface area (Å²) in [6.45, 7) is 0. The molecule has 0 aromatic heterocycles. The van der Waals surface area contributed by atoms with E-state index in [0.717, 1.165) is 12.1 Å². The molecule has 8 heteroatoms. The molecule has 1 aromatic rings. The molecule has 0 saturated carbocycles. The van der Waals surface area contributed by atoms with Crippen LogP contribution in [0, 0.1) is 0 Å². The fourth-order valence-corrected chi connectivity index (χ4v) is 0.948. The van der Waals surface area contributed by atoms with Crippen LogP contribution in [0.5, 0.6) is 5.75 Å². The minimum Gasteiger partial charge on any atom is -0.419 e. The fraction of sp³-hybridized carbons (Fsp3) is 0.222. The number of hydrogen-bond acceptors (Lipinski definition) is 2. The summed E-state index contributed by atoms with van der Waals surface area (Å²) in [6, 6.07) is 3.13. The monoisotopic (exact) mass is 258 g/mol. The number of benzene rings is 1. The van der Waals surface area contributed by atoms with E-state index in [1.165, 1.54) is 0 Å². The van der Waals surface area contributed by atoms with Crippen LogP contribution >= 0.6 is 0 Å². The number of carbonyl (C=O) groups is 1. The summed E-state index contributed by atoms with van der Waals surface area (Å²) in [5.74, 6) is -3.88. The standard InChI is InChI=1S/C9H4F6O2/c10-8(11,12)5-3-1-2-4-6(5)17-7(16)9(13,14)15/h1-4H. The minimum absolute atomic E-state index is 0.513. The van der Waals surface area contributed by atoms with Gasteiger partial charge in [0, 0.05) is 0 Å². The van der Waals surface area contributed by atoms with Gasteiger partial charge in [-0.1, -0.05) is 12.1 Å². The maximum absolute atomic E-state index is 12.3. The van der Waals surface area contributed by atoms with Crippen molar-refractivity contribution in [1.82, 2.24) is 0 Å². The predicted octanol–water partition coefficient (Wildman–Crippen LogP) is 3.17. The molecule has 0 atom stereocenters. The van der Waals surface area contributed by atoms with E-state index in [1.807, 2.05) is 0 Å². The summed E-state index contributed by atoms with van der Waals surface area (Å²) in [5.41, 5.74) is -1.45. The zero-order valence-corrected chi connectivity index (χ0v) is 7.89. The van der Waals surface area contributed by atoms with Gasteiger partial charge in [-0.2, -0.15) is 26.3 Å². The van der Waals surface area contributed by atoms with Crippen LogP contribution in [0.3, 0.4) is 0 Å². The molecule has 0 radical (unpaired) electrons. The molecule has 0 saturated heterocycles. The summed E-state index contributed by atoms with van der Waals surface area (Å²) in [7, 11) is 0. The van der Waals surface area contributed by atoms with Crippen molar-refractivity contribution >= 4 is 5.97 Å². The van der Waals surface area contributed by atoms with Crippen molar-refractivity contribution < 1.29 is 35.9 Å². The molecule has 0 amide bonds. The van der Waals surface area contributed by atoms with Crippen molar-refractivity contribution in [3.05, 3.63) is 29.8 Å².